The van der Waals surface area contributed by atoms with Crippen molar-refractivity contribution in [3.8, 4) is 18.2 Å². The molecule has 0 spiro atoms. The number of benzene rings is 3. The monoisotopic (exact) mass is 441 g/mol. The number of allylic oxidation sites excluding steroid dienone is 2. The lowest BCUT2D eigenvalue weighted by molar-refractivity contribution is 0.201. The fourth-order valence-corrected chi connectivity index (χ4v) is 5.58. The lowest BCUT2D eigenvalue weighted by Gasteiger charge is -2.46. The van der Waals surface area contributed by atoms with Gasteiger partial charge >= 0.3 is 0 Å². The molecule has 0 fully saturated rings. The molecule has 3 aromatic rings. The molecule has 164 valence electrons. The molecule has 0 bridgehead atoms. The molecule has 1 heterocycles. The van der Waals surface area contributed by atoms with Crippen LogP contribution in [-0.2, 0) is 6.54 Å². The molecule has 2 aliphatic rings. The Bertz CT molecular complexity index is 1430. The van der Waals surface area contributed by atoms with Crippen molar-refractivity contribution in [1.82, 2.24) is 4.90 Å². The number of nitrogens with zero attached hydrogens (tertiary/aromatic N) is 4. The molecule has 5 nitrogen and oxygen atoms in total. The van der Waals surface area contributed by atoms with Gasteiger partial charge in [-0.05, 0) is 27.5 Å². The van der Waals surface area contributed by atoms with E-state index >= 15 is 0 Å². The van der Waals surface area contributed by atoms with Crippen LogP contribution in [0, 0.1) is 45.3 Å². The maximum absolute atomic E-state index is 10.4. The van der Waals surface area contributed by atoms with Crippen molar-refractivity contribution in [2.45, 2.75) is 12.5 Å². The van der Waals surface area contributed by atoms with Crippen LogP contribution in [0.2, 0.25) is 0 Å². The van der Waals surface area contributed by atoms with Crippen LogP contribution in [0.25, 0.3) is 10.8 Å². The van der Waals surface area contributed by atoms with E-state index in [4.69, 9.17) is 5.73 Å². The average Bonchev–Trinajstić information content (AvgIpc) is 2.89. The zero-order chi connectivity index (χ0) is 23.7. The number of nitrogens with two attached hydrogens (primary N) is 1. The molecule has 0 saturated heterocycles. The Labute approximate surface area is 199 Å². The largest absolute Gasteiger partial charge is 0.399 e. The first-order valence-electron chi connectivity index (χ1n) is 11.3. The van der Waals surface area contributed by atoms with Crippen molar-refractivity contribution in [2.75, 3.05) is 13.1 Å². The second-order valence-corrected chi connectivity index (χ2v) is 8.92. The summed E-state index contributed by atoms with van der Waals surface area (Å²) in [5.41, 5.74) is 8.16. The molecule has 34 heavy (non-hydrogen) atoms. The minimum atomic E-state index is -1.63. The van der Waals surface area contributed by atoms with Crippen LogP contribution >= 0.6 is 0 Å². The Morgan fingerprint density at radius 1 is 0.912 bits per heavy atom. The van der Waals surface area contributed by atoms with Gasteiger partial charge in [-0.3, -0.25) is 4.90 Å². The Morgan fingerprint density at radius 3 is 2.35 bits per heavy atom. The van der Waals surface area contributed by atoms with E-state index in [1.165, 1.54) is 5.56 Å². The van der Waals surface area contributed by atoms with Crippen LogP contribution in [0.15, 0.2) is 95.7 Å². The van der Waals surface area contributed by atoms with E-state index < -0.39 is 11.3 Å². The summed E-state index contributed by atoms with van der Waals surface area (Å²) in [6, 6.07) is 30.9. The third kappa shape index (κ3) is 3.25. The molecule has 3 aromatic carbocycles. The van der Waals surface area contributed by atoms with Crippen molar-refractivity contribution in [3.05, 3.63) is 107 Å². The van der Waals surface area contributed by atoms with Gasteiger partial charge in [0.2, 0.25) is 0 Å². The molecule has 2 atom stereocenters. The van der Waals surface area contributed by atoms with Crippen LogP contribution < -0.4 is 5.73 Å². The van der Waals surface area contributed by atoms with E-state index in [1.54, 1.807) is 0 Å². The molecule has 0 saturated carbocycles. The highest BCUT2D eigenvalue weighted by atomic mass is 15.1. The third-order valence-electron chi connectivity index (χ3n) is 7.15. The van der Waals surface area contributed by atoms with Gasteiger partial charge in [0.15, 0.2) is 5.41 Å². The molecule has 2 N–H and O–H groups in total. The molecular weight excluding hydrogens is 418 g/mol. The second kappa shape index (κ2) is 8.53. The van der Waals surface area contributed by atoms with E-state index in [1.807, 2.05) is 60.7 Å². The molecule has 0 aromatic heterocycles. The van der Waals surface area contributed by atoms with E-state index in [0.29, 0.717) is 13.1 Å². The quantitative estimate of drug-likeness (QED) is 0.631. The number of rotatable bonds is 3. The van der Waals surface area contributed by atoms with Crippen molar-refractivity contribution in [2.24, 2.45) is 17.1 Å². The normalized spacial score (nSPS) is 21.6. The lowest BCUT2D eigenvalue weighted by atomic mass is 9.57. The SMILES string of the molecule is N#CC1=C(N)C(C#N)(C#N)[C@H](c2cccc3ccccc23)[C@@H]2CN(Cc3ccccc3)CC=C12. The molecule has 0 amide bonds. The Hall–Kier alpha value is -4.37. The molecule has 0 unspecified atom stereocenters. The fraction of sp³-hybridized carbons (Fsp3) is 0.207. The lowest BCUT2D eigenvalue weighted by Crippen LogP contribution is -2.47. The smallest absolute Gasteiger partial charge is 0.191 e. The Kier molecular flexibility index (Phi) is 5.39. The topological polar surface area (TPSA) is 101 Å². The van der Waals surface area contributed by atoms with E-state index in [-0.39, 0.29) is 17.2 Å². The highest BCUT2D eigenvalue weighted by molar-refractivity contribution is 5.87. The number of hydrogen-bond donors (Lipinski definition) is 1. The summed E-state index contributed by atoms with van der Waals surface area (Å²) in [6.07, 6.45) is 2.05. The van der Waals surface area contributed by atoms with Crippen LogP contribution in [0.5, 0.6) is 0 Å². The highest BCUT2D eigenvalue weighted by Gasteiger charge is 2.54. The summed E-state index contributed by atoms with van der Waals surface area (Å²) in [5.74, 6) is -0.722. The zero-order valence-corrected chi connectivity index (χ0v) is 18.6. The van der Waals surface area contributed by atoms with Gasteiger partial charge in [0.1, 0.15) is 6.07 Å². The van der Waals surface area contributed by atoms with E-state index in [9.17, 15) is 15.8 Å². The first kappa shape index (κ1) is 21.5. The van der Waals surface area contributed by atoms with Gasteiger partial charge in [-0.25, -0.2) is 0 Å². The van der Waals surface area contributed by atoms with E-state index in [0.717, 1.165) is 28.5 Å². The number of nitriles is 3. The highest BCUT2D eigenvalue weighted by Crippen LogP contribution is 2.55. The summed E-state index contributed by atoms with van der Waals surface area (Å²) in [6.45, 7) is 2.04. The maximum Gasteiger partial charge on any atom is 0.191 e. The van der Waals surface area contributed by atoms with Gasteiger partial charge in [-0.15, -0.1) is 0 Å². The number of fused-ring (bicyclic) bond motifs is 2. The molecule has 1 aliphatic heterocycles. The predicted octanol–water partition coefficient (Wildman–Crippen LogP) is 4.77. The second-order valence-electron chi connectivity index (χ2n) is 8.92. The van der Waals surface area contributed by atoms with Gasteiger partial charge in [-0.1, -0.05) is 78.9 Å². The molecular formula is C29H23N5. The van der Waals surface area contributed by atoms with Gasteiger partial charge < -0.3 is 5.73 Å². The first-order chi connectivity index (χ1) is 16.6. The van der Waals surface area contributed by atoms with Gasteiger partial charge in [0.25, 0.3) is 0 Å². The van der Waals surface area contributed by atoms with Crippen molar-refractivity contribution in [3.63, 3.8) is 0 Å². The molecule has 5 rings (SSSR count). The summed E-state index contributed by atoms with van der Waals surface area (Å²) in [5, 5.41) is 32.8. The van der Waals surface area contributed by atoms with Crippen LogP contribution in [0.4, 0.5) is 0 Å². The van der Waals surface area contributed by atoms with E-state index in [2.05, 4.69) is 41.3 Å². The third-order valence-corrected chi connectivity index (χ3v) is 7.15. The number of hydrogen-bond acceptors (Lipinski definition) is 5. The first-order valence-corrected chi connectivity index (χ1v) is 11.3. The Morgan fingerprint density at radius 2 is 1.62 bits per heavy atom. The average molecular weight is 442 g/mol. The van der Waals surface area contributed by atoms with Gasteiger partial charge in [0, 0.05) is 31.5 Å². The minimum absolute atomic E-state index is 0.0666. The zero-order valence-electron chi connectivity index (χ0n) is 18.6. The van der Waals surface area contributed by atoms with Crippen molar-refractivity contribution in [1.29, 1.82) is 15.8 Å². The summed E-state index contributed by atoms with van der Waals surface area (Å²) in [4.78, 5) is 2.30. The van der Waals surface area contributed by atoms with Crippen molar-refractivity contribution >= 4 is 10.8 Å². The van der Waals surface area contributed by atoms with Gasteiger partial charge in [-0.2, -0.15) is 15.8 Å². The van der Waals surface area contributed by atoms with Crippen LogP contribution in [0.1, 0.15) is 17.0 Å². The fourth-order valence-electron chi connectivity index (χ4n) is 5.58. The minimum Gasteiger partial charge on any atom is -0.399 e. The molecule has 5 heteroatoms. The standard InChI is InChI=1S/C29H23N5/c30-15-25-23-13-14-34(16-20-7-2-1-3-8-20)17-26(23)27(29(18-31,19-32)28(25)33)24-12-6-10-21-9-4-5-11-22(21)24/h1-13,26-27H,14,16-17,33H2/t26-,27-/m1/s1. The van der Waals surface area contributed by atoms with Crippen molar-refractivity contribution < 1.29 is 0 Å². The molecule has 0 radical (unpaired) electrons. The Balaban J connectivity index is 1.71. The maximum atomic E-state index is 10.4. The summed E-state index contributed by atoms with van der Waals surface area (Å²) < 4.78 is 0. The van der Waals surface area contributed by atoms with Crippen LogP contribution in [0.3, 0.4) is 0 Å². The van der Waals surface area contributed by atoms with Crippen LogP contribution in [-0.4, -0.2) is 18.0 Å². The predicted molar refractivity (Wildman–Crippen MR) is 130 cm³/mol. The summed E-state index contributed by atoms with van der Waals surface area (Å²) in [7, 11) is 0. The summed E-state index contributed by atoms with van der Waals surface area (Å²) >= 11 is 0. The molecule has 1 aliphatic carbocycles. The van der Waals surface area contributed by atoms with Gasteiger partial charge in [0.05, 0.1) is 23.4 Å².